The van der Waals surface area contributed by atoms with Crippen molar-refractivity contribution in [3.8, 4) is 0 Å². The smallest absolute Gasteiger partial charge is 0.413 e. The lowest BCUT2D eigenvalue weighted by atomic mass is 10.8. The molecule has 0 fully saturated rings. The van der Waals surface area contributed by atoms with Crippen LogP contribution in [0.4, 0.5) is 9.93 Å². The molecule has 11 heavy (non-hydrogen) atoms. The zero-order valence-electron chi connectivity index (χ0n) is 5.61. The van der Waals surface area contributed by atoms with E-state index >= 15 is 0 Å². The second-order valence-corrected chi connectivity index (χ2v) is 4.18. The fourth-order valence-corrected chi connectivity index (χ4v) is 1.62. The fourth-order valence-electron chi connectivity index (χ4n) is 0.483. The Labute approximate surface area is 75.6 Å². The average Bonchev–Trinajstić information content (AvgIpc) is 2.34. The van der Waals surface area contributed by atoms with E-state index in [0.717, 1.165) is 8.69 Å². The first kappa shape index (κ1) is 8.48. The topological polar surface area (TPSA) is 53.4 Å². The Morgan fingerprint density at radius 2 is 2.55 bits per heavy atom. The van der Waals surface area contributed by atoms with Crippen LogP contribution in [0.3, 0.4) is 0 Å². The predicted molar refractivity (Wildman–Crippen MR) is 46.2 cm³/mol. The van der Waals surface area contributed by atoms with E-state index in [1.165, 1.54) is 18.4 Å². The molecule has 4 nitrogen and oxygen atoms in total. The number of hydrogen-bond donors (Lipinski definition) is 1. The van der Waals surface area contributed by atoms with Gasteiger partial charge >= 0.3 is 6.09 Å². The number of aromatic nitrogens is 1. The van der Waals surface area contributed by atoms with Gasteiger partial charge in [-0.05, 0) is 15.9 Å². The predicted octanol–water partition coefficient (Wildman–Crippen LogP) is 2.02. The van der Waals surface area contributed by atoms with Gasteiger partial charge in [-0.2, -0.15) is 0 Å². The lowest BCUT2D eigenvalue weighted by Gasteiger charge is -2.06. The van der Waals surface area contributed by atoms with Gasteiger partial charge in [0.1, 0.15) is 0 Å². The Morgan fingerprint density at radius 3 is 2.91 bits per heavy atom. The minimum Gasteiger partial charge on any atom is -0.465 e. The zero-order chi connectivity index (χ0) is 8.43. The van der Waals surface area contributed by atoms with Crippen molar-refractivity contribution in [1.82, 2.24) is 4.98 Å². The summed E-state index contributed by atoms with van der Waals surface area (Å²) < 4.78 is 0.820. The third-order valence-electron chi connectivity index (χ3n) is 1.04. The Balaban J connectivity index is 2.84. The highest BCUT2D eigenvalue weighted by molar-refractivity contribution is 9.11. The first-order chi connectivity index (χ1) is 5.11. The fraction of sp³-hybridized carbons (Fsp3) is 0.200. The molecule has 1 aromatic heterocycles. The number of amides is 1. The summed E-state index contributed by atoms with van der Waals surface area (Å²) in [6, 6.07) is 0. The van der Waals surface area contributed by atoms with Crippen molar-refractivity contribution in [2.24, 2.45) is 0 Å². The summed E-state index contributed by atoms with van der Waals surface area (Å²) in [4.78, 5) is 15.3. The van der Waals surface area contributed by atoms with Crippen LogP contribution in [0, 0.1) is 0 Å². The Morgan fingerprint density at radius 1 is 1.91 bits per heavy atom. The molecule has 0 saturated heterocycles. The van der Waals surface area contributed by atoms with Gasteiger partial charge in [-0.15, -0.1) is 0 Å². The Hall–Kier alpha value is -0.620. The van der Waals surface area contributed by atoms with E-state index in [9.17, 15) is 4.79 Å². The molecular weight excluding hydrogens is 232 g/mol. The van der Waals surface area contributed by atoms with Gasteiger partial charge in [-0.3, -0.25) is 4.90 Å². The molecular formula is C5H5BrN2O2S. The van der Waals surface area contributed by atoms with E-state index in [1.54, 1.807) is 6.20 Å². The van der Waals surface area contributed by atoms with Crippen molar-refractivity contribution in [3.05, 3.63) is 9.98 Å². The number of thiazole rings is 1. The molecule has 1 heterocycles. The highest BCUT2D eigenvalue weighted by Gasteiger charge is 2.11. The maximum absolute atomic E-state index is 10.4. The summed E-state index contributed by atoms with van der Waals surface area (Å²) >= 11 is 4.46. The van der Waals surface area contributed by atoms with Crippen LogP contribution in [0.5, 0.6) is 0 Å². The molecule has 0 aliphatic carbocycles. The molecule has 0 atom stereocenters. The lowest BCUT2D eigenvalue weighted by molar-refractivity contribution is 0.203. The molecule has 60 valence electrons. The van der Waals surface area contributed by atoms with Gasteiger partial charge in [0.15, 0.2) is 5.13 Å². The summed E-state index contributed by atoms with van der Waals surface area (Å²) in [6.45, 7) is 0. The van der Waals surface area contributed by atoms with Crippen LogP contribution in [-0.2, 0) is 0 Å². The standard InChI is InChI=1S/C5H5BrN2O2S/c1-8(5(9)10)4-7-2-3(6)11-4/h2H,1H3,(H,9,10). The second kappa shape index (κ2) is 3.19. The van der Waals surface area contributed by atoms with Gasteiger partial charge in [0.25, 0.3) is 0 Å². The summed E-state index contributed by atoms with van der Waals surface area (Å²) in [5.41, 5.74) is 0. The van der Waals surface area contributed by atoms with E-state index < -0.39 is 6.09 Å². The molecule has 0 aliphatic rings. The molecule has 0 bridgehead atoms. The van der Waals surface area contributed by atoms with Gasteiger partial charge < -0.3 is 5.11 Å². The van der Waals surface area contributed by atoms with Crippen molar-refractivity contribution in [2.75, 3.05) is 11.9 Å². The molecule has 1 amide bonds. The first-order valence-corrected chi connectivity index (χ1v) is 4.30. The summed E-state index contributed by atoms with van der Waals surface area (Å²) in [6.07, 6.45) is 0.561. The van der Waals surface area contributed by atoms with Crippen LogP contribution >= 0.6 is 27.3 Å². The van der Waals surface area contributed by atoms with E-state index in [4.69, 9.17) is 5.11 Å². The SMILES string of the molecule is CN(C(=O)O)c1ncc(Br)s1. The molecule has 0 aromatic carbocycles. The van der Waals surface area contributed by atoms with Crippen molar-refractivity contribution in [3.63, 3.8) is 0 Å². The quantitative estimate of drug-likeness (QED) is 0.812. The van der Waals surface area contributed by atoms with E-state index in [2.05, 4.69) is 20.9 Å². The number of rotatable bonds is 1. The summed E-state index contributed by atoms with van der Waals surface area (Å²) in [7, 11) is 1.45. The van der Waals surface area contributed by atoms with Crippen LogP contribution in [-0.4, -0.2) is 23.2 Å². The highest BCUT2D eigenvalue weighted by Crippen LogP contribution is 2.25. The van der Waals surface area contributed by atoms with Crippen LogP contribution < -0.4 is 4.90 Å². The van der Waals surface area contributed by atoms with Crippen LogP contribution in [0.25, 0.3) is 0 Å². The number of carboxylic acid groups (broad SMARTS) is 1. The van der Waals surface area contributed by atoms with Crippen molar-refractivity contribution < 1.29 is 9.90 Å². The van der Waals surface area contributed by atoms with Crippen molar-refractivity contribution in [2.45, 2.75) is 0 Å². The van der Waals surface area contributed by atoms with Crippen LogP contribution in [0.2, 0.25) is 0 Å². The molecule has 1 aromatic rings. The largest absolute Gasteiger partial charge is 0.465 e. The molecule has 1 rings (SSSR count). The highest BCUT2D eigenvalue weighted by atomic mass is 79.9. The number of nitrogens with zero attached hydrogens (tertiary/aromatic N) is 2. The van der Waals surface area contributed by atoms with E-state index in [0.29, 0.717) is 5.13 Å². The molecule has 1 N–H and O–H groups in total. The van der Waals surface area contributed by atoms with E-state index in [1.807, 2.05) is 0 Å². The summed E-state index contributed by atoms with van der Waals surface area (Å²) in [5, 5.41) is 8.98. The van der Waals surface area contributed by atoms with Gasteiger partial charge in [0.05, 0.1) is 9.98 Å². The molecule has 0 spiro atoms. The average molecular weight is 237 g/mol. The molecule has 0 unspecified atom stereocenters. The number of halogens is 1. The summed E-state index contributed by atoms with van der Waals surface area (Å²) in [5.74, 6) is 0. The van der Waals surface area contributed by atoms with Crippen molar-refractivity contribution >= 4 is 38.5 Å². The molecule has 0 aliphatic heterocycles. The molecule has 6 heteroatoms. The lowest BCUT2D eigenvalue weighted by Crippen LogP contribution is -2.23. The minimum atomic E-state index is -1.01. The van der Waals surface area contributed by atoms with Gasteiger partial charge in [0.2, 0.25) is 0 Å². The molecule has 0 radical (unpaired) electrons. The molecule has 0 saturated carbocycles. The van der Waals surface area contributed by atoms with Crippen LogP contribution in [0.1, 0.15) is 0 Å². The zero-order valence-corrected chi connectivity index (χ0v) is 8.02. The minimum absolute atomic E-state index is 0.462. The second-order valence-electron chi connectivity index (χ2n) is 1.79. The third-order valence-corrected chi connectivity index (χ3v) is 2.59. The van der Waals surface area contributed by atoms with Gasteiger partial charge in [-0.1, -0.05) is 11.3 Å². The van der Waals surface area contributed by atoms with Crippen LogP contribution in [0.15, 0.2) is 9.98 Å². The first-order valence-electron chi connectivity index (χ1n) is 2.69. The number of anilines is 1. The Kier molecular flexibility index (Phi) is 2.45. The monoisotopic (exact) mass is 236 g/mol. The van der Waals surface area contributed by atoms with Gasteiger partial charge in [0, 0.05) is 7.05 Å². The van der Waals surface area contributed by atoms with Gasteiger partial charge in [-0.25, -0.2) is 9.78 Å². The third kappa shape index (κ3) is 1.90. The van der Waals surface area contributed by atoms with Crippen molar-refractivity contribution in [1.29, 1.82) is 0 Å². The van der Waals surface area contributed by atoms with E-state index in [-0.39, 0.29) is 0 Å². The number of carbonyl (C=O) groups is 1. The maximum atomic E-state index is 10.4. The number of hydrogen-bond acceptors (Lipinski definition) is 3. The Bertz CT molecular complexity index is 275. The maximum Gasteiger partial charge on any atom is 0.413 e. The normalized spacial score (nSPS) is 9.64.